The molecule has 1 atom stereocenters. The zero-order chi connectivity index (χ0) is 17.3. The minimum absolute atomic E-state index is 0.0400. The number of halogens is 2. The van der Waals surface area contributed by atoms with Crippen molar-refractivity contribution in [2.45, 2.75) is 19.3 Å². The molecule has 1 aliphatic heterocycles. The molecule has 5 nitrogen and oxygen atoms in total. The van der Waals surface area contributed by atoms with Gasteiger partial charge in [0.05, 0.1) is 30.0 Å². The number of rotatable bonds is 3. The van der Waals surface area contributed by atoms with Crippen molar-refractivity contribution in [1.29, 1.82) is 0 Å². The van der Waals surface area contributed by atoms with Gasteiger partial charge in [-0.05, 0) is 31.2 Å². The summed E-state index contributed by atoms with van der Waals surface area (Å²) in [7, 11) is 0. The second-order valence-corrected chi connectivity index (χ2v) is 5.95. The number of carbonyl (C=O) groups is 1. The van der Waals surface area contributed by atoms with Gasteiger partial charge in [0.25, 0.3) is 11.8 Å². The molecule has 0 radical (unpaired) electrons. The summed E-state index contributed by atoms with van der Waals surface area (Å²) in [6.45, 7) is 0.844. The summed E-state index contributed by atoms with van der Waals surface area (Å²) < 4.78 is 32.6. The molecule has 0 aromatic carbocycles. The first-order valence-electron chi connectivity index (χ1n) is 7.72. The van der Waals surface area contributed by atoms with Crippen LogP contribution in [-0.4, -0.2) is 46.5 Å². The Hall–Kier alpha value is -2.28. The standard InChI is InChI=1S/C17H18F2N2O3/c1-11-13(4-5-14(20-11)15-3-2-8-24-15)16(23)21-7-6-17(18,19)12(9-21)10-22/h2-5,8,12,22H,6-7,9-10H2,1H3. The van der Waals surface area contributed by atoms with Crippen molar-refractivity contribution in [3.05, 3.63) is 41.8 Å². The highest BCUT2D eigenvalue weighted by molar-refractivity contribution is 5.95. The number of aryl methyl sites for hydroxylation is 1. The van der Waals surface area contributed by atoms with Gasteiger partial charge in [0.2, 0.25) is 0 Å². The molecule has 1 aliphatic rings. The van der Waals surface area contributed by atoms with E-state index in [0.29, 0.717) is 22.7 Å². The SMILES string of the molecule is Cc1nc(-c2ccco2)ccc1C(=O)N1CCC(F)(F)C(CO)C1. The quantitative estimate of drug-likeness (QED) is 0.936. The fourth-order valence-corrected chi connectivity index (χ4v) is 2.87. The minimum atomic E-state index is -2.94. The first-order chi connectivity index (χ1) is 11.4. The van der Waals surface area contributed by atoms with E-state index >= 15 is 0 Å². The number of aliphatic hydroxyl groups is 1. The van der Waals surface area contributed by atoms with Crippen LogP contribution in [0.3, 0.4) is 0 Å². The topological polar surface area (TPSA) is 66.6 Å². The van der Waals surface area contributed by atoms with Crippen LogP contribution < -0.4 is 0 Å². The van der Waals surface area contributed by atoms with Crippen LogP contribution in [-0.2, 0) is 0 Å². The molecule has 128 valence electrons. The highest BCUT2D eigenvalue weighted by Crippen LogP contribution is 2.33. The Morgan fingerprint density at radius 3 is 2.88 bits per heavy atom. The van der Waals surface area contributed by atoms with Gasteiger partial charge in [0.1, 0.15) is 5.69 Å². The number of carbonyl (C=O) groups excluding carboxylic acids is 1. The van der Waals surface area contributed by atoms with Crippen molar-refractivity contribution >= 4 is 5.91 Å². The predicted octanol–water partition coefficient (Wildman–Crippen LogP) is 2.74. The lowest BCUT2D eigenvalue weighted by Gasteiger charge is -2.37. The highest BCUT2D eigenvalue weighted by atomic mass is 19.3. The van der Waals surface area contributed by atoms with Crippen LogP contribution in [0.5, 0.6) is 0 Å². The molecule has 2 aromatic rings. The van der Waals surface area contributed by atoms with E-state index < -0.39 is 24.9 Å². The van der Waals surface area contributed by atoms with E-state index in [2.05, 4.69) is 4.98 Å². The Morgan fingerprint density at radius 2 is 2.25 bits per heavy atom. The number of likely N-dealkylation sites (tertiary alicyclic amines) is 1. The molecule has 1 fully saturated rings. The van der Waals surface area contributed by atoms with E-state index in [9.17, 15) is 13.6 Å². The van der Waals surface area contributed by atoms with E-state index in [1.54, 1.807) is 31.2 Å². The van der Waals surface area contributed by atoms with Crippen LogP contribution in [0, 0.1) is 12.8 Å². The fraction of sp³-hybridized carbons (Fsp3) is 0.412. The van der Waals surface area contributed by atoms with Crippen molar-refractivity contribution in [2.75, 3.05) is 19.7 Å². The van der Waals surface area contributed by atoms with Crippen LogP contribution >= 0.6 is 0 Å². The van der Waals surface area contributed by atoms with Crippen LogP contribution in [0.1, 0.15) is 22.5 Å². The third-order valence-corrected chi connectivity index (χ3v) is 4.35. The Morgan fingerprint density at radius 1 is 1.46 bits per heavy atom. The molecule has 2 aromatic heterocycles. The average molecular weight is 336 g/mol. The van der Waals surface area contributed by atoms with Gasteiger partial charge in [-0.2, -0.15) is 0 Å². The summed E-state index contributed by atoms with van der Waals surface area (Å²) >= 11 is 0. The lowest BCUT2D eigenvalue weighted by atomic mass is 9.93. The maximum atomic E-state index is 13.7. The molecule has 0 saturated carbocycles. The molecule has 1 N–H and O–H groups in total. The van der Waals surface area contributed by atoms with E-state index in [0.717, 1.165) is 0 Å². The van der Waals surface area contributed by atoms with Crippen molar-refractivity contribution in [1.82, 2.24) is 9.88 Å². The molecule has 3 heterocycles. The monoisotopic (exact) mass is 336 g/mol. The molecular formula is C17H18F2N2O3. The first kappa shape index (κ1) is 16.6. The molecule has 1 amide bonds. The number of hydrogen-bond donors (Lipinski definition) is 1. The number of hydrogen-bond acceptors (Lipinski definition) is 4. The number of nitrogens with zero attached hydrogens (tertiary/aromatic N) is 2. The summed E-state index contributed by atoms with van der Waals surface area (Å²) in [5.74, 6) is -3.93. The molecule has 0 bridgehead atoms. The summed E-state index contributed by atoms with van der Waals surface area (Å²) in [6.07, 6.45) is 1.09. The van der Waals surface area contributed by atoms with Gasteiger partial charge in [-0.3, -0.25) is 4.79 Å². The Kier molecular flexibility index (Phi) is 4.36. The lowest BCUT2D eigenvalue weighted by molar-refractivity contribution is -0.113. The van der Waals surface area contributed by atoms with Crippen molar-refractivity contribution in [3.8, 4) is 11.5 Å². The molecule has 1 saturated heterocycles. The van der Waals surface area contributed by atoms with Crippen molar-refractivity contribution in [3.63, 3.8) is 0 Å². The van der Waals surface area contributed by atoms with E-state index in [1.807, 2.05) is 0 Å². The molecule has 24 heavy (non-hydrogen) atoms. The van der Waals surface area contributed by atoms with Crippen LogP contribution in [0.4, 0.5) is 8.78 Å². The number of aromatic nitrogens is 1. The van der Waals surface area contributed by atoms with Crippen LogP contribution in [0.15, 0.2) is 34.9 Å². The third kappa shape index (κ3) is 3.03. The zero-order valence-electron chi connectivity index (χ0n) is 13.2. The smallest absolute Gasteiger partial charge is 0.256 e. The van der Waals surface area contributed by atoms with E-state index in [1.165, 1.54) is 11.2 Å². The number of alkyl halides is 2. The number of pyridine rings is 1. The minimum Gasteiger partial charge on any atom is -0.463 e. The first-order valence-corrected chi connectivity index (χ1v) is 7.72. The van der Waals surface area contributed by atoms with Gasteiger partial charge >= 0.3 is 0 Å². The number of furan rings is 1. The number of aliphatic hydroxyl groups excluding tert-OH is 1. The average Bonchev–Trinajstić information content (AvgIpc) is 3.08. The Balaban J connectivity index is 1.80. The summed E-state index contributed by atoms with van der Waals surface area (Å²) in [5, 5.41) is 9.15. The predicted molar refractivity (Wildman–Crippen MR) is 82.7 cm³/mol. The maximum absolute atomic E-state index is 13.7. The van der Waals surface area contributed by atoms with Crippen LogP contribution in [0.2, 0.25) is 0 Å². The second kappa shape index (κ2) is 6.32. The Labute approximate surface area is 137 Å². The summed E-state index contributed by atoms with van der Waals surface area (Å²) in [5.41, 5.74) is 1.48. The second-order valence-electron chi connectivity index (χ2n) is 5.95. The van der Waals surface area contributed by atoms with Gasteiger partial charge in [-0.15, -0.1) is 0 Å². The zero-order valence-corrected chi connectivity index (χ0v) is 13.2. The fourth-order valence-electron chi connectivity index (χ4n) is 2.87. The van der Waals surface area contributed by atoms with Gasteiger partial charge in [-0.25, -0.2) is 13.8 Å². The van der Waals surface area contributed by atoms with Gasteiger partial charge in [-0.1, -0.05) is 0 Å². The molecule has 0 spiro atoms. The van der Waals surface area contributed by atoms with Crippen molar-refractivity contribution in [2.24, 2.45) is 5.92 Å². The van der Waals surface area contributed by atoms with Crippen LogP contribution in [0.25, 0.3) is 11.5 Å². The van der Waals surface area contributed by atoms with Gasteiger partial charge < -0.3 is 14.4 Å². The van der Waals surface area contributed by atoms with Crippen molar-refractivity contribution < 1.29 is 23.1 Å². The largest absolute Gasteiger partial charge is 0.463 e. The third-order valence-electron chi connectivity index (χ3n) is 4.35. The Bertz CT molecular complexity index is 731. The number of piperidine rings is 1. The van der Waals surface area contributed by atoms with E-state index in [-0.39, 0.29) is 19.0 Å². The highest BCUT2D eigenvalue weighted by Gasteiger charge is 2.44. The molecule has 3 rings (SSSR count). The van der Waals surface area contributed by atoms with Gasteiger partial charge in [0.15, 0.2) is 5.76 Å². The molecule has 1 unspecified atom stereocenters. The normalized spacial score (nSPS) is 20.2. The molecule has 0 aliphatic carbocycles. The van der Waals surface area contributed by atoms with E-state index in [4.69, 9.17) is 9.52 Å². The summed E-state index contributed by atoms with van der Waals surface area (Å²) in [4.78, 5) is 18.3. The summed E-state index contributed by atoms with van der Waals surface area (Å²) in [6, 6.07) is 6.81. The van der Waals surface area contributed by atoms with Gasteiger partial charge in [0, 0.05) is 19.5 Å². The number of amides is 1. The maximum Gasteiger partial charge on any atom is 0.256 e. The molecular weight excluding hydrogens is 318 g/mol. The molecule has 7 heteroatoms. The lowest BCUT2D eigenvalue weighted by Crippen LogP contribution is -2.50.